The first-order valence-corrected chi connectivity index (χ1v) is 9.81. The quantitative estimate of drug-likeness (QED) is 0.697. The van der Waals surface area contributed by atoms with Crippen LogP contribution < -0.4 is 15.4 Å². The van der Waals surface area contributed by atoms with Crippen LogP contribution in [0.4, 0.5) is 5.69 Å². The maximum Gasteiger partial charge on any atom is 0.241 e. The van der Waals surface area contributed by atoms with Crippen molar-refractivity contribution in [3.63, 3.8) is 0 Å². The van der Waals surface area contributed by atoms with Crippen LogP contribution in [0.25, 0.3) is 0 Å². The molecule has 0 aliphatic carbocycles. The number of rotatable bonds is 6. The van der Waals surface area contributed by atoms with Crippen molar-refractivity contribution in [2.45, 2.75) is 51.2 Å². The van der Waals surface area contributed by atoms with E-state index in [4.69, 9.17) is 4.74 Å². The van der Waals surface area contributed by atoms with Gasteiger partial charge in [0.2, 0.25) is 11.8 Å². The van der Waals surface area contributed by atoms with Gasteiger partial charge in [0.1, 0.15) is 18.5 Å². The molecule has 7 nitrogen and oxygen atoms in total. The van der Waals surface area contributed by atoms with Gasteiger partial charge in [0.05, 0.1) is 18.3 Å². The molecule has 0 unspecified atom stereocenters. The normalized spacial score (nSPS) is 21.6. The summed E-state index contributed by atoms with van der Waals surface area (Å²) in [6.07, 6.45) is 3.24. The number of amides is 2. The summed E-state index contributed by atoms with van der Waals surface area (Å²) in [7, 11) is 0. The molecule has 1 fully saturated rings. The molecule has 1 saturated heterocycles. The third-order valence-electron chi connectivity index (χ3n) is 5.24. The lowest BCUT2D eigenvalue weighted by Crippen LogP contribution is -2.38. The lowest BCUT2D eigenvalue weighted by molar-refractivity contribution is -0.132. The molecule has 0 spiro atoms. The fourth-order valence-electron chi connectivity index (χ4n) is 3.52. The van der Waals surface area contributed by atoms with Gasteiger partial charge in [0, 0.05) is 19.5 Å². The molecule has 3 N–H and O–H groups in total. The van der Waals surface area contributed by atoms with Gasteiger partial charge >= 0.3 is 0 Å². The van der Waals surface area contributed by atoms with E-state index < -0.39 is 6.10 Å². The minimum atomic E-state index is -0.551. The molecule has 0 radical (unpaired) electrons. The molecule has 2 aliphatic rings. The topological polar surface area (TPSA) is 90.9 Å². The van der Waals surface area contributed by atoms with Crippen LogP contribution in [0.15, 0.2) is 18.2 Å². The van der Waals surface area contributed by atoms with Crippen LogP contribution >= 0.6 is 0 Å². The molecule has 2 amide bonds. The summed E-state index contributed by atoms with van der Waals surface area (Å²) in [5.74, 6) is 0.569. The number of aliphatic hydroxyl groups is 1. The third kappa shape index (κ3) is 5.13. The van der Waals surface area contributed by atoms with E-state index in [0.717, 1.165) is 43.6 Å². The van der Waals surface area contributed by atoms with Crippen LogP contribution in [-0.4, -0.2) is 60.2 Å². The number of hydrogen-bond acceptors (Lipinski definition) is 5. The van der Waals surface area contributed by atoms with E-state index in [-0.39, 0.29) is 31.0 Å². The number of fused-ring (bicyclic) bond motifs is 1. The molecule has 7 heteroatoms. The number of aryl methyl sites for hydroxylation is 1. The van der Waals surface area contributed by atoms with Gasteiger partial charge in [-0.1, -0.05) is 13.0 Å². The Kier molecular flexibility index (Phi) is 6.55. The summed E-state index contributed by atoms with van der Waals surface area (Å²) in [6.45, 7) is 3.94. The monoisotopic (exact) mass is 375 g/mol. The predicted octanol–water partition coefficient (Wildman–Crippen LogP) is 1.30. The smallest absolute Gasteiger partial charge is 0.241 e. The van der Waals surface area contributed by atoms with E-state index in [1.807, 2.05) is 25.1 Å². The Labute approximate surface area is 160 Å². The fraction of sp³-hybridized carbons (Fsp3) is 0.600. The molecule has 2 atom stereocenters. The number of carbonyl (C=O) groups excluding carboxylic acids is 2. The SMILES string of the molecule is CC[C@H]1Nc2ccc(CCC(=O)NCC(=O)N3CCCC3)cc2OC[C@H]1O. The first kappa shape index (κ1) is 19.5. The van der Waals surface area contributed by atoms with E-state index in [2.05, 4.69) is 10.6 Å². The van der Waals surface area contributed by atoms with Crippen molar-refractivity contribution < 1.29 is 19.4 Å². The molecule has 0 aromatic heterocycles. The average molecular weight is 375 g/mol. The zero-order valence-electron chi connectivity index (χ0n) is 15.9. The molecule has 3 rings (SSSR count). The average Bonchev–Trinajstić information content (AvgIpc) is 3.17. The van der Waals surface area contributed by atoms with Gasteiger partial charge in [-0.2, -0.15) is 0 Å². The highest BCUT2D eigenvalue weighted by atomic mass is 16.5. The lowest BCUT2D eigenvalue weighted by atomic mass is 10.1. The molecular formula is C20H29N3O4. The van der Waals surface area contributed by atoms with Crippen LogP contribution in [-0.2, 0) is 16.0 Å². The van der Waals surface area contributed by atoms with Crippen molar-refractivity contribution >= 4 is 17.5 Å². The van der Waals surface area contributed by atoms with Crippen LogP contribution in [0.3, 0.4) is 0 Å². The highest BCUT2D eigenvalue weighted by Gasteiger charge is 2.23. The Hall–Kier alpha value is -2.28. The number of likely N-dealkylation sites (tertiary alicyclic amines) is 1. The van der Waals surface area contributed by atoms with Gasteiger partial charge in [-0.05, 0) is 43.4 Å². The number of hydrogen-bond donors (Lipinski definition) is 3. The van der Waals surface area contributed by atoms with E-state index in [1.54, 1.807) is 4.90 Å². The van der Waals surface area contributed by atoms with Crippen LogP contribution in [0.2, 0.25) is 0 Å². The van der Waals surface area contributed by atoms with E-state index in [1.165, 1.54) is 0 Å². The van der Waals surface area contributed by atoms with Gasteiger partial charge in [-0.3, -0.25) is 9.59 Å². The maximum atomic E-state index is 12.0. The van der Waals surface area contributed by atoms with E-state index >= 15 is 0 Å². The van der Waals surface area contributed by atoms with E-state index in [9.17, 15) is 14.7 Å². The summed E-state index contributed by atoms with van der Waals surface area (Å²) in [5, 5.41) is 16.1. The number of anilines is 1. The largest absolute Gasteiger partial charge is 0.489 e. The van der Waals surface area contributed by atoms with Gasteiger partial charge in [0.15, 0.2) is 0 Å². The molecule has 148 valence electrons. The Bertz CT molecular complexity index is 673. The zero-order valence-corrected chi connectivity index (χ0v) is 15.9. The minimum Gasteiger partial charge on any atom is -0.489 e. The van der Waals surface area contributed by atoms with Gasteiger partial charge in [-0.15, -0.1) is 0 Å². The number of benzene rings is 1. The summed E-state index contributed by atoms with van der Waals surface area (Å²) >= 11 is 0. The molecule has 1 aromatic carbocycles. The lowest BCUT2D eigenvalue weighted by Gasteiger charge is -2.19. The number of ether oxygens (including phenoxy) is 1. The van der Waals surface area contributed by atoms with Crippen LogP contribution in [0.1, 0.15) is 38.2 Å². The Morgan fingerprint density at radius 1 is 1.33 bits per heavy atom. The molecule has 0 bridgehead atoms. The van der Waals surface area contributed by atoms with Crippen molar-refractivity contribution in [1.29, 1.82) is 0 Å². The fourth-order valence-corrected chi connectivity index (χ4v) is 3.52. The molecular weight excluding hydrogens is 346 g/mol. The van der Waals surface area contributed by atoms with Crippen molar-refractivity contribution in [2.24, 2.45) is 0 Å². The van der Waals surface area contributed by atoms with Gasteiger partial charge < -0.3 is 25.4 Å². The number of aliphatic hydroxyl groups excluding tert-OH is 1. The van der Waals surface area contributed by atoms with Gasteiger partial charge in [0.25, 0.3) is 0 Å². The molecule has 0 saturated carbocycles. The second kappa shape index (κ2) is 9.08. The second-order valence-corrected chi connectivity index (χ2v) is 7.23. The highest BCUT2D eigenvalue weighted by molar-refractivity contribution is 5.85. The van der Waals surface area contributed by atoms with Crippen LogP contribution in [0.5, 0.6) is 5.75 Å². The summed E-state index contributed by atoms with van der Waals surface area (Å²) in [5.41, 5.74) is 1.85. The Morgan fingerprint density at radius 3 is 2.85 bits per heavy atom. The van der Waals surface area contributed by atoms with Gasteiger partial charge in [-0.25, -0.2) is 0 Å². The molecule has 27 heavy (non-hydrogen) atoms. The maximum absolute atomic E-state index is 12.0. The van der Waals surface area contributed by atoms with Crippen LogP contribution in [0, 0.1) is 0 Å². The van der Waals surface area contributed by atoms with Crippen molar-refractivity contribution in [1.82, 2.24) is 10.2 Å². The third-order valence-corrected chi connectivity index (χ3v) is 5.24. The van der Waals surface area contributed by atoms with Crippen molar-refractivity contribution in [3.8, 4) is 5.75 Å². The van der Waals surface area contributed by atoms with E-state index in [0.29, 0.717) is 18.6 Å². The Balaban J connectivity index is 1.48. The summed E-state index contributed by atoms with van der Waals surface area (Å²) in [6, 6.07) is 5.77. The predicted molar refractivity (Wildman–Crippen MR) is 103 cm³/mol. The first-order valence-electron chi connectivity index (χ1n) is 9.81. The number of carbonyl (C=O) groups is 2. The van der Waals surface area contributed by atoms with Crippen molar-refractivity contribution in [2.75, 3.05) is 31.6 Å². The summed E-state index contributed by atoms with van der Waals surface area (Å²) in [4.78, 5) is 25.8. The Morgan fingerprint density at radius 2 is 2.11 bits per heavy atom. The second-order valence-electron chi connectivity index (χ2n) is 7.23. The first-order chi connectivity index (χ1) is 13.1. The molecule has 2 aliphatic heterocycles. The highest BCUT2D eigenvalue weighted by Crippen LogP contribution is 2.30. The molecule has 2 heterocycles. The minimum absolute atomic E-state index is 0.00519. The number of nitrogens with one attached hydrogen (secondary N) is 2. The van der Waals surface area contributed by atoms with Crippen molar-refractivity contribution in [3.05, 3.63) is 23.8 Å². The zero-order chi connectivity index (χ0) is 19.2. The summed E-state index contributed by atoms with van der Waals surface area (Å²) < 4.78 is 5.71. The molecule has 1 aromatic rings. The standard InChI is InChI=1S/C20H29N3O4/c1-2-15-17(24)13-27-18-11-14(5-7-16(18)22-15)6-8-19(25)21-12-20(26)23-9-3-4-10-23/h5,7,11,15,17,22,24H,2-4,6,8-10,12-13H2,1H3,(H,21,25)/t15-,17-/m1/s1. The number of nitrogens with zero attached hydrogens (tertiary/aromatic N) is 1.